The molecule has 4 unspecified atom stereocenters. The smallest absolute Gasteiger partial charge is 0.00392 e. The molecule has 1 aromatic carbocycles. The minimum atomic E-state index is 0.830. The molecule has 0 spiro atoms. The van der Waals surface area contributed by atoms with Crippen molar-refractivity contribution in [3.05, 3.63) is 53.0 Å². The number of allylic oxidation sites excluding steroid dienone is 4. The van der Waals surface area contributed by atoms with Crippen LogP contribution >= 0.6 is 11.8 Å². The van der Waals surface area contributed by atoms with E-state index in [4.69, 9.17) is 0 Å². The van der Waals surface area contributed by atoms with Gasteiger partial charge in [-0.2, -0.15) is 0 Å². The predicted molar refractivity (Wildman–Crippen MR) is 79.2 cm³/mol. The van der Waals surface area contributed by atoms with Gasteiger partial charge in [0.05, 0.1) is 0 Å². The van der Waals surface area contributed by atoms with Crippen molar-refractivity contribution in [3.63, 3.8) is 0 Å². The fraction of sp³-hybridized carbons (Fsp3) is 0.412. The summed E-state index contributed by atoms with van der Waals surface area (Å²) in [7, 11) is 0. The van der Waals surface area contributed by atoms with Crippen LogP contribution in [-0.4, -0.2) is 5.75 Å². The number of rotatable bonds is 3. The first kappa shape index (κ1) is 10.9. The molecule has 4 atom stereocenters. The lowest BCUT2D eigenvalue weighted by Gasteiger charge is -2.43. The van der Waals surface area contributed by atoms with Gasteiger partial charge in [-0.1, -0.05) is 49.4 Å². The zero-order valence-electron chi connectivity index (χ0n) is 10.7. The lowest BCUT2D eigenvalue weighted by Crippen LogP contribution is -2.32. The van der Waals surface area contributed by atoms with Crippen molar-refractivity contribution >= 4 is 17.3 Å². The summed E-state index contributed by atoms with van der Waals surface area (Å²) in [5.74, 6) is 4.57. The summed E-state index contributed by atoms with van der Waals surface area (Å²) >= 11 is 2.08. The molecule has 1 saturated carbocycles. The van der Waals surface area contributed by atoms with Crippen LogP contribution in [0.5, 0.6) is 0 Å². The Hall–Kier alpha value is -0.950. The van der Waals surface area contributed by atoms with E-state index in [1.54, 1.807) is 10.5 Å². The van der Waals surface area contributed by atoms with E-state index in [2.05, 4.69) is 61.2 Å². The molecule has 1 heteroatoms. The SMILES string of the molecule is CCSC1=C(c2ccccc2)C2C3C=CC(C3)C12. The van der Waals surface area contributed by atoms with Gasteiger partial charge in [-0.25, -0.2) is 0 Å². The van der Waals surface area contributed by atoms with E-state index in [0.717, 1.165) is 23.7 Å². The highest BCUT2D eigenvalue weighted by Gasteiger charge is 2.54. The van der Waals surface area contributed by atoms with Gasteiger partial charge in [-0.15, -0.1) is 11.8 Å². The zero-order valence-corrected chi connectivity index (χ0v) is 11.5. The molecule has 0 amide bonds. The molecule has 0 aromatic heterocycles. The van der Waals surface area contributed by atoms with Gasteiger partial charge in [-0.3, -0.25) is 0 Å². The van der Waals surface area contributed by atoms with Crippen LogP contribution in [-0.2, 0) is 0 Å². The maximum Gasteiger partial charge on any atom is 0.00392 e. The van der Waals surface area contributed by atoms with Crippen molar-refractivity contribution in [1.29, 1.82) is 0 Å². The summed E-state index contributed by atoms with van der Waals surface area (Å²) in [6.07, 6.45) is 6.35. The molecule has 3 aliphatic carbocycles. The maximum absolute atomic E-state index is 2.48. The Morgan fingerprint density at radius 2 is 1.78 bits per heavy atom. The molecule has 0 N–H and O–H groups in total. The average Bonchev–Trinajstić information content (AvgIpc) is 2.95. The molecule has 0 radical (unpaired) electrons. The molecular formula is C17H18S. The van der Waals surface area contributed by atoms with Crippen LogP contribution in [0.2, 0.25) is 0 Å². The predicted octanol–water partition coefficient (Wildman–Crippen LogP) is 4.60. The molecular weight excluding hydrogens is 236 g/mol. The average molecular weight is 254 g/mol. The molecule has 3 aliphatic rings. The Balaban J connectivity index is 1.78. The number of hydrogen-bond acceptors (Lipinski definition) is 1. The minimum Gasteiger partial charge on any atom is -0.130 e. The highest BCUT2D eigenvalue weighted by atomic mass is 32.2. The lowest BCUT2D eigenvalue weighted by atomic mass is 9.66. The van der Waals surface area contributed by atoms with E-state index in [0.29, 0.717) is 0 Å². The summed E-state index contributed by atoms with van der Waals surface area (Å²) in [6.45, 7) is 2.27. The Morgan fingerprint density at radius 1 is 1.06 bits per heavy atom. The Bertz CT molecular complexity index is 526. The third-order valence-electron chi connectivity index (χ3n) is 4.75. The van der Waals surface area contributed by atoms with Crippen molar-refractivity contribution in [1.82, 2.24) is 0 Å². The van der Waals surface area contributed by atoms with E-state index in [-0.39, 0.29) is 0 Å². The van der Waals surface area contributed by atoms with Gasteiger partial charge in [0.15, 0.2) is 0 Å². The standard InChI is InChI=1S/C17H18S/c1-2-18-17-15(11-6-4-3-5-7-11)14-12-8-9-13(10-12)16(14)17/h3-9,12-14,16H,2,10H2,1H3. The van der Waals surface area contributed by atoms with Crippen molar-refractivity contribution in [2.45, 2.75) is 13.3 Å². The molecule has 0 nitrogen and oxygen atoms in total. The van der Waals surface area contributed by atoms with Crippen LogP contribution in [0.4, 0.5) is 0 Å². The molecule has 0 saturated heterocycles. The van der Waals surface area contributed by atoms with E-state index in [1.165, 1.54) is 17.7 Å². The fourth-order valence-corrected chi connectivity index (χ4v) is 5.34. The van der Waals surface area contributed by atoms with E-state index < -0.39 is 0 Å². The Morgan fingerprint density at radius 3 is 2.50 bits per heavy atom. The second-order valence-electron chi connectivity index (χ2n) is 5.58. The Kier molecular flexibility index (Phi) is 2.44. The molecule has 92 valence electrons. The molecule has 0 aliphatic heterocycles. The van der Waals surface area contributed by atoms with E-state index >= 15 is 0 Å². The first-order valence-corrected chi connectivity index (χ1v) is 7.99. The van der Waals surface area contributed by atoms with Gasteiger partial charge in [-0.05, 0) is 46.0 Å². The van der Waals surface area contributed by atoms with Crippen LogP contribution in [0.1, 0.15) is 18.9 Å². The van der Waals surface area contributed by atoms with E-state index in [1.807, 2.05) is 0 Å². The number of fused-ring (bicyclic) bond motifs is 5. The highest BCUT2D eigenvalue weighted by molar-refractivity contribution is 8.03. The summed E-state index contributed by atoms with van der Waals surface area (Å²) in [5.41, 5.74) is 3.14. The van der Waals surface area contributed by atoms with Crippen LogP contribution in [0.3, 0.4) is 0 Å². The molecule has 1 aromatic rings. The van der Waals surface area contributed by atoms with Gasteiger partial charge < -0.3 is 0 Å². The highest BCUT2D eigenvalue weighted by Crippen LogP contribution is 2.65. The van der Waals surface area contributed by atoms with Gasteiger partial charge in [0, 0.05) is 5.92 Å². The number of hydrogen-bond donors (Lipinski definition) is 0. The van der Waals surface area contributed by atoms with Crippen LogP contribution in [0.15, 0.2) is 47.4 Å². The van der Waals surface area contributed by atoms with Gasteiger partial charge in [0.1, 0.15) is 0 Å². The Labute approximate surface area is 113 Å². The van der Waals surface area contributed by atoms with E-state index in [9.17, 15) is 0 Å². The largest absolute Gasteiger partial charge is 0.130 e. The third kappa shape index (κ3) is 1.34. The first-order valence-electron chi connectivity index (χ1n) is 7.00. The van der Waals surface area contributed by atoms with Crippen molar-refractivity contribution in [2.24, 2.45) is 23.7 Å². The second-order valence-corrected chi connectivity index (χ2v) is 6.88. The molecule has 18 heavy (non-hydrogen) atoms. The van der Waals surface area contributed by atoms with Crippen molar-refractivity contribution in [3.8, 4) is 0 Å². The normalized spacial score (nSPS) is 35.8. The van der Waals surface area contributed by atoms with Crippen molar-refractivity contribution in [2.75, 3.05) is 5.75 Å². The molecule has 2 bridgehead atoms. The summed E-state index contributed by atoms with van der Waals surface area (Å²) in [5, 5.41) is 0. The topological polar surface area (TPSA) is 0 Å². The summed E-state index contributed by atoms with van der Waals surface area (Å²) < 4.78 is 0. The number of thioether (sulfide) groups is 1. The molecule has 1 fully saturated rings. The second kappa shape index (κ2) is 4.03. The summed E-state index contributed by atoms with van der Waals surface area (Å²) in [4.78, 5) is 1.70. The zero-order chi connectivity index (χ0) is 12.1. The number of benzene rings is 1. The van der Waals surface area contributed by atoms with Crippen LogP contribution < -0.4 is 0 Å². The van der Waals surface area contributed by atoms with Gasteiger partial charge >= 0.3 is 0 Å². The maximum atomic E-state index is 2.48. The third-order valence-corrected chi connectivity index (χ3v) is 5.84. The lowest BCUT2D eigenvalue weighted by molar-refractivity contribution is 0.412. The minimum absolute atomic E-state index is 0.830. The fourth-order valence-electron chi connectivity index (χ4n) is 4.10. The monoisotopic (exact) mass is 254 g/mol. The van der Waals surface area contributed by atoms with Crippen LogP contribution in [0, 0.1) is 23.7 Å². The quantitative estimate of drug-likeness (QED) is 0.710. The van der Waals surface area contributed by atoms with Gasteiger partial charge in [0.2, 0.25) is 0 Å². The summed E-state index contributed by atoms with van der Waals surface area (Å²) in [6, 6.07) is 11.0. The molecule has 0 heterocycles. The van der Waals surface area contributed by atoms with Crippen molar-refractivity contribution < 1.29 is 0 Å². The molecule has 4 rings (SSSR count). The first-order chi connectivity index (χ1) is 8.90. The van der Waals surface area contributed by atoms with Gasteiger partial charge in [0.25, 0.3) is 0 Å². The van der Waals surface area contributed by atoms with Crippen LogP contribution in [0.25, 0.3) is 5.57 Å².